The number of nitrogens with one attached hydrogen (secondary N) is 1. The van der Waals surface area contributed by atoms with Crippen molar-refractivity contribution in [2.75, 3.05) is 19.3 Å². The molecule has 31 heavy (non-hydrogen) atoms. The molecule has 1 aliphatic rings. The zero-order chi connectivity index (χ0) is 22.4. The van der Waals surface area contributed by atoms with Crippen LogP contribution in [-0.2, 0) is 10.1 Å². The molecule has 0 bridgehead atoms. The second-order valence-electron chi connectivity index (χ2n) is 7.64. The average molecular weight is 461 g/mol. The van der Waals surface area contributed by atoms with Gasteiger partial charge in [-0.15, -0.1) is 0 Å². The average Bonchev–Trinajstić information content (AvgIpc) is 2.73. The van der Waals surface area contributed by atoms with Gasteiger partial charge in [0.2, 0.25) is 0 Å². The molecular weight excluding hydrogens is 436 g/mol. The number of carbonyl (C=O) groups is 1. The summed E-state index contributed by atoms with van der Waals surface area (Å²) in [6, 6.07) is 17.5. The van der Waals surface area contributed by atoms with Crippen molar-refractivity contribution in [3.05, 3.63) is 65.2 Å². The van der Waals surface area contributed by atoms with Gasteiger partial charge in [-0.2, -0.15) is 8.42 Å². The molecular formula is C23H25ClN2O4S. The van der Waals surface area contributed by atoms with Gasteiger partial charge in [0, 0.05) is 28.0 Å². The van der Waals surface area contributed by atoms with Crippen LogP contribution in [0.5, 0.6) is 0 Å². The standard InChI is InChI=1S/C22H21ClN2O.CH4O3S/c23-17-6-7-18-19(22(26)12-15-8-10-24-11-9-15)14-20(25-21(18)13-17)16-4-2-1-3-5-16;1-5(2,3)4/h1-7,13-15,24H,8-12H2;1H3,(H,2,3,4). The predicted octanol–water partition coefficient (Wildman–Crippen LogP) is 4.63. The Kier molecular flexibility index (Phi) is 7.78. The number of carbonyl (C=O) groups excluding carboxylic acids is 1. The molecule has 2 heterocycles. The van der Waals surface area contributed by atoms with Crippen molar-refractivity contribution in [2.45, 2.75) is 19.3 Å². The highest BCUT2D eigenvalue weighted by Gasteiger charge is 2.20. The third-order valence-electron chi connectivity index (χ3n) is 5.07. The SMILES string of the molecule is CS(=O)(=O)O.O=C(CC1CCNCC1)c1cc(-c2ccccc2)nc2cc(Cl)ccc12. The topological polar surface area (TPSA) is 96.4 Å². The van der Waals surface area contributed by atoms with Gasteiger partial charge in [0.25, 0.3) is 10.1 Å². The number of benzene rings is 2. The van der Waals surface area contributed by atoms with E-state index in [4.69, 9.17) is 21.1 Å². The summed E-state index contributed by atoms with van der Waals surface area (Å²) < 4.78 is 25.9. The molecule has 0 radical (unpaired) electrons. The van der Waals surface area contributed by atoms with Gasteiger partial charge in [-0.1, -0.05) is 48.0 Å². The number of ketones is 1. The molecule has 6 nitrogen and oxygen atoms in total. The van der Waals surface area contributed by atoms with Crippen molar-refractivity contribution in [1.29, 1.82) is 0 Å². The minimum Gasteiger partial charge on any atom is -0.317 e. The summed E-state index contributed by atoms with van der Waals surface area (Å²) in [5.74, 6) is 0.656. The van der Waals surface area contributed by atoms with E-state index in [1.807, 2.05) is 54.6 Å². The summed E-state index contributed by atoms with van der Waals surface area (Å²) in [6.45, 7) is 2.00. The summed E-state index contributed by atoms with van der Waals surface area (Å²) in [7, 11) is -3.67. The molecule has 4 rings (SSSR count). The Morgan fingerprint density at radius 2 is 1.77 bits per heavy atom. The van der Waals surface area contributed by atoms with Crippen LogP contribution in [-0.4, -0.2) is 43.1 Å². The lowest BCUT2D eigenvalue weighted by Crippen LogP contribution is -2.28. The highest BCUT2D eigenvalue weighted by Crippen LogP contribution is 2.29. The largest absolute Gasteiger partial charge is 0.317 e. The number of hydrogen-bond donors (Lipinski definition) is 2. The van der Waals surface area contributed by atoms with Gasteiger partial charge in [0.15, 0.2) is 5.78 Å². The highest BCUT2D eigenvalue weighted by molar-refractivity contribution is 7.85. The lowest BCUT2D eigenvalue weighted by molar-refractivity contribution is 0.0954. The van der Waals surface area contributed by atoms with Gasteiger partial charge < -0.3 is 5.32 Å². The van der Waals surface area contributed by atoms with Gasteiger partial charge in [-0.25, -0.2) is 4.98 Å². The molecule has 1 aliphatic heterocycles. The molecule has 164 valence electrons. The number of halogens is 1. The van der Waals surface area contributed by atoms with Crippen LogP contribution >= 0.6 is 11.6 Å². The smallest absolute Gasteiger partial charge is 0.261 e. The van der Waals surface area contributed by atoms with Crippen molar-refractivity contribution >= 4 is 38.4 Å². The first-order chi connectivity index (χ1) is 14.7. The number of pyridine rings is 1. The van der Waals surface area contributed by atoms with E-state index < -0.39 is 10.1 Å². The number of hydrogen-bond acceptors (Lipinski definition) is 5. The predicted molar refractivity (Wildman–Crippen MR) is 124 cm³/mol. The fraction of sp³-hybridized carbons (Fsp3) is 0.304. The Balaban J connectivity index is 0.000000491. The van der Waals surface area contributed by atoms with E-state index in [-0.39, 0.29) is 5.78 Å². The van der Waals surface area contributed by atoms with Crippen LogP contribution in [0.2, 0.25) is 5.02 Å². The van der Waals surface area contributed by atoms with Crippen LogP contribution in [0, 0.1) is 5.92 Å². The first-order valence-electron chi connectivity index (χ1n) is 10.0. The Hall–Kier alpha value is -2.32. The number of aromatic nitrogens is 1. The van der Waals surface area contributed by atoms with E-state index in [1.165, 1.54) is 0 Å². The van der Waals surface area contributed by atoms with E-state index in [1.54, 1.807) is 0 Å². The molecule has 0 amide bonds. The maximum atomic E-state index is 13.1. The lowest BCUT2D eigenvalue weighted by atomic mass is 9.89. The van der Waals surface area contributed by atoms with Crippen molar-refractivity contribution in [1.82, 2.24) is 10.3 Å². The third-order valence-corrected chi connectivity index (χ3v) is 5.31. The van der Waals surface area contributed by atoms with Crippen molar-refractivity contribution < 1.29 is 17.8 Å². The number of piperidine rings is 1. The Labute approximate surface area is 187 Å². The number of nitrogens with zero attached hydrogens (tertiary/aromatic N) is 1. The first kappa shape index (κ1) is 23.3. The fourth-order valence-electron chi connectivity index (χ4n) is 3.65. The molecule has 0 unspecified atom stereocenters. The lowest BCUT2D eigenvalue weighted by Gasteiger charge is -2.22. The van der Waals surface area contributed by atoms with Gasteiger partial charge in [0.1, 0.15) is 0 Å². The Morgan fingerprint density at radius 1 is 1.13 bits per heavy atom. The van der Waals surface area contributed by atoms with Gasteiger partial charge in [0.05, 0.1) is 17.5 Å². The van der Waals surface area contributed by atoms with Gasteiger partial charge in [-0.3, -0.25) is 9.35 Å². The van der Waals surface area contributed by atoms with E-state index in [9.17, 15) is 13.2 Å². The summed E-state index contributed by atoms with van der Waals surface area (Å²) in [4.78, 5) is 17.9. The normalized spacial score (nSPS) is 14.7. The molecule has 1 saturated heterocycles. The maximum Gasteiger partial charge on any atom is 0.261 e. The van der Waals surface area contributed by atoms with Gasteiger partial charge >= 0.3 is 0 Å². The monoisotopic (exact) mass is 460 g/mol. The zero-order valence-corrected chi connectivity index (χ0v) is 18.8. The number of rotatable bonds is 4. The third kappa shape index (κ3) is 7.11. The molecule has 8 heteroatoms. The van der Waals surface area contributed by atoms with Crippen LogP contribution < -0.4 is 5.32 Å². The molecule has 1 aromatic heterocycles. The highest BCUT2D eigenvalue weighted by atomic mass is 35.5. The van der Waals surface area contributed by atoms with E-state index >= 15 is 0 Å². The van der Waals surface area contributed by atoms with Crippen LogP contribution in [0.15, 0.2) is 54.6 Å². The van der Waals surface area contributed by atoms with E-state index in [2.05, 4.69) is 5.32 Å². The van der Waals surface area contributed by atoms with E-state index in [0.717, 1.165) is 53.7 Å². The van der Waals surface area contributed by atoms with Crippen molar-refractivity contribution in [3.63, 3.8) is 0 Å². The van der Waals surface area contributed by atoms with Crippen molar-refractivity contribution in [3.8, 4) is 11.3 Å². The minimum atomic E-state index is -3.67. The minimum absolute atomic E-state index is 0.198. The molecule has 3 aromatic rings. The molecule has 0 aliphatic carbocycles. The van der Waals surface area contributed by atoms with Crippen LogP contribution in [0.25, 0.3) is 22.2 Å². The summed E-state index contributed by atoms with van der Waals surface area (Å²) >= 11 is 6.17. The molecule has 0 spiro atoms. The Bertz CT molecular complexity index is 1150. The molecule has 2 aromatic carbocycles. The second-order valence-corrected chi connectivity index (χ2v) is 9.54. The second kappa shape index (κ2) is 10.3. The molecule has 1 fully saturated rings. The van der Waals surface area contributed by atoms with Crippen LogP contribution in [0.3, 0.4) is 0 Å². The van der Waals surface area contributed by atoms with E-state index in [0.29, 0.717) is 23.6 Å². The quantitative estimate of drug-likeness (QED) is 0.435. The zero-order valence-electron chi connectivity index (χ0n) is 17.2. The van der Waals surface area contributed by atoms with Crippen LogP contribution in [0.1, 0.15) is 29.6 Å². The van der Waals surface area contributed by atoms with Crippen molar-refractivity contribution in [2.24, 2.45) is 5.92 Å². The maximum absolute atomic E-state index is 13.1. The molecule has 2 N–H and O–H groups in total. The summed E-state index contributed by atoms with van der Waals surface area (Å²) in [5.41, 5.74) is 3.34. The van der Waals surface area contributed by atoms with Gasteiger partial charge in [-0.05, 0) is 50.0 Å². The summed E-state index contributed by atoms with van der Waals surface area (Å²) in [5, 5.41) is 4.87. The number of fused-ring (bicyclic) bond motifs is 1. The van der Waals surface area contributed by atoms with Crippen LogP contribution in [0.4, 0.5) is 0 Å². The number of Topliss-reactive ketones (excluding diaryl/α,β-unsaturated/α-hetero) is 1. The molecule has 0 saturated carbocycles. The molecule has 0 atom stereocenters. The first-order valence-corrected chi connectivity index (χ1v) is 12.3. The Morgan fingerprint density at radius 3 is 2.42 bits per heavy atom. The fourth-order valence-corrected chi connectivity index (χ4v) is 3.81. The summed E-state index contributed by atoms with van der Waals surface area (Å²) in [6.07, 6.45) is 3.43.